The fourth-order valence-electron chi connectivity index (χ4n) is 13.3. The van der Waals surface area contributed by atoms with Crippen molar-refractivity contribution in [3.63, 3.8) is 0 Å². The first-order chi connectivity index (χ1) is 32.6. The van der Waals surface area contributed by atoms with E-state index in [1.165, 1.54) is 112 Å². The van der Waals surface area contributed by atoms with E-state index in [-0.39, 0.29) is 0 Å². The van der Waals surface area contributed by atoms with Gasteiger partial charge in [0.25, 0.3) is 0 Å². The van der Waals surface area contributed by atoms with Crippen molar-refractivity contribution in [1.82, 2.24) is 9.13 Å². The van der Waals surface area contributed by atoms with E-state index in [4.69, 9.17) is 5.73 Å². The van der Waals surface area contributed by atoms with Gasteiger partial charge in [0.15, 0.2) is 0 Å². The summed E-state index contributed by atoms with van der Waals surface area (Å²) in [7, 11) is 0. The number of fused-ring (bicyclic) bond motifs is 10. The third kappa shape index (κ3) is 6.72. The highest BCUT2D eigenvalue weighted by molar-refractivity contribution is 6.11. The van der Waals surface area contributed by atoms with E-state index in [0.717, 1.165) is 52.4 Å². The molecule has 2 N–H and O–H groups in total. The molecule has 4 bridgehead atoms. The minimum Gasteiger partial charge on any atom is -0.399 e. The fourth-order valence-corrected chi connectivity index (χ4v) is 13.3. The van der Waals surface area contributed by atoms with Crippen molar-refractivity contribution in [1.29, 1.82) is 0 Å². The molecule has 4 nitrogen and oxygen atoms in total. The quantitative estimate of drug-likeness (QED) is 0.162. The Balaban J connectivity index is 0.000000181. The average Bonchev–Trinajstić information content (AvgIpc) is 4.26. The Kier molecular flexibility index (Phi) is 9.62. The Morgan fingerprint density at radius 3 is 1.26 bits per heavy atom. The van der Waals surface area contributed by atoms with Gasteiger partial charge in [-0.15, -0.1) is 0 Å². The van der Waals surface area contributed by atoms with Gasteiger partial charge in [-0.1, -0.05) is 122 Å². The lowest BCUT2D eigenvalue weighted by atomic mass is 9.83. The van der Waals surface area contributed by atoms with Crippen molar-refractivity contribution < 1.29 is 0 Å². The van der Waals surface area contributed by atoms with Gasteiger partial charge in [-0.2, -0.15) is 0 Å². The highest BCUT2D eigenvalue weighted by Crippen LogP contribution is 2.54. The van der Waals surface area contributed by atoms with Crippen LogP contribution in [0.3, 0.4) is 0 Å². The summed E-state index contributed by atoms with van der Waals surface area (Å²) in [5, 5.41) is 5.08. The van der Waals surface area contributed by atoms with Crippen LogP contribution in [0.4, 0.5) is 22.7 Å². The zero-order valence-corrected chi connectivity index (χ0v) is 37.5. The third-order valence-corrected chi connectivity index (χ3v) is 16.3. The highest BCUT2D eigenvalue weighted by Gasteiger charge is 2.41. The predicted molar refractivity (Wildman–Crippen MR) is 277 cm³/mol. The van der Waals surface area contributed by atoms with E-state index in [0.29, 0.717) is 0 Å². The number of benzene rings is 8. The van der Waals surface area contributed by atoms with Crippen molar-refractivity contribution in [2.24, 2.45) is 23.7 Å². The smallest absolute Gasteiger partial charge is 0.0561 e. The van der Waals surface area contributed by atoms with Crippen LogP contribution in [-0.4, -0.2) is 9.13 Å². The SMILES string of the molecule is Nc1ccc2c3ccccc3n(-c3ccccc3)c2c1.c1ccc(-n2c3ccccc3c3ccc(N(c4ccc(C5CC6CCC5C6)cc4)c4ccc(C5CC6CCC5C6)cc4)cc32)cc1. The molecule has 10 aromatic rings. The van der Waals surface area contributed by atoms with Crippen LogP contribution in [-0.2, 0) is 0 Å². The predicted octanol–water partition coefficient (Wildman–Crippen LogP) is 16.4. The maximum atomic E-state index is 5.98. The van der Waals surface area contributed by atoms with Crippen LogP contribution in [0.15, 0.2) is 194 Å². The first-order valence-corrected chi connectivity index (χ1v) is 24.5. The Hall–Kier alpha value is -7.04. The number of para-hydroxylation sites is 4. The summed E-state index contributed by atoms with van der Waals surface area (Å²) in [6.45, 7) is 0. The molecule has 8 aromatic carbocycles. The summed E-state index contributed by atoms with van der Waals surface area (Å²) in [5.41, 5.74) is 20.7. The molecule has 4 fully saturated rings. The lowest BCUT2D eigenvalue weighted by Gasteiger charge is -2.28. The van der Waals surface area contributed by atoms with E-state index in [2.05, 4.69) is 190 Å². The maximum absolute atomic E-state index is 5.98. The van der Waals surface area contributed by atoms with Gasteiger partial charge in [0, 0.05) is 55.7 Å². The van der Waals surface area contributed by atoms with Crippen molar-refractivity contribution in [3.05, 3.63) is 205 Å². The van der Waals surface area contributed by atoms with Crippen LogP contribution >= 0.6 is 0 Å². The molecule has 4 heteroatoms. The van der Waals surface area contributed by atoms with Gasteiger partial charge in [-0.05, 0) is 170 Å². The molecular weight excluding hydrogens is 801 g/mol. The van der Waals surface area contributed by atoms with Crippen molar-refractivity contribution in [3.8, 4) is 11.4 Å². The van der Waals surface area contributed by atoms with E-state index in [9.17, 15) is 0 Å². The minimum atomic E-state index is 0.750. The molecule has 0 amide bonds. The third-order valence-electron chi connectivity index (χ3n) is 16.3. The summed E-state index contributed by atoms with van der Waals surface area (Å²) in [4.78, 5) is 2.49. The van der Waals surface area contributed by atoms with Gasteiger partial charge in [0.1, 0.15) is 0 Å². The standard InChI is InChI=1S/C44H42N2.C18H14N2/c1-2-6-35(7-3-1)46-43-9-5-4-8-39(43)40-23-22-38(28-44(40)46)45(36-18-14-31(15-19-36)41-26-29-10-12-33(41)24-29)37-20-16-32(17-21-37)42-27-30-11-13-34(42)25-30;19-13-10-11-16-15-8-4-5-9-17(15)20(18(16)12-13)14-6-2-1-3-7-14/h1-9,14-23,28-30,33-34,41-42H,10-13,24-27H2;1-12H,19H2. The van der Waals surface area contributed by atoms with Crippen molar-refractivity contribution >= 4 is 66.4 Å². The molecule has 4 saturated carbocycles. The Labute approximate surface area is 387 Å². The molecule has 4 aliphatic carbocycles. The average molecular weight is 857 g/mol. The number of nitrogens with zero attached hydrogens (tertiary/aromatic N) is 3. The van der Waals surface area contributed by atoms with Crippen LogP contribution in [0.25, 0.3) is 55.0 Å². The molecule has 14 rings (SSSR count). The van der Waals surface area contributed by atoms with Crippen LogP contribution in [0.1, 0.15) is 74.3 Å². The number of rotatable bonds is 7. The zero-order valence-electron chi connectivity index (χ0n) is 37.5. The lowest BCUT2D eigenvalue weighted by Crippen LogP contribution is -2.12. The largest absolute Gasteiger partial charge is 0.399 e. The number of anilines is 4. The van der Waals surface area contributed by atoms with Gasteiger partial charge in [-0.3, -0.25) is 0 Å². The molecule has 66 heavy (non-hydrogen) atoms. The van der Waals surface area contributed by atoms with Gasteiger partial charge >= 0.3 is 0 Å². The Bertz CT molecular complexity index is 3290. The summed E-state index contributed by atoms with van der Waals surface area (Å²) in [6, 6.07) is 71.0. The first-order valence-electron chi connectivity index (χ1n) is 24.5. The topological polar surface area (TPSA) is 39.1 Å². The number of hydrogen-bond acceptors (Lipinski definition) is 2. The Morgan fingerprint density at radius 1 is 0.364 bits per heavy atom. The highest BCUT2D eigenvalue weighted by atomic mass is 15.1. The van der Waals surface area contributed by atoms with Crippen molar-refractivity contribution in [2.75, 3.05) is 10.6 Å². The number of nitrogens with two attached hydrogens (primary N) is 1. The molecule has 2 aromatic heterocycles. The summed E-state index contributed by atoms with van der Waals surface area (Å²) >= 11 is 0. The van der Waals surface area contributed by atoms with Gasteiger partial charge in [-0.25, -0.2) is 0 Å². The molecule has 6 unspecified atom stereocenters. The number of nitrogen functional groups attached to an aromatic ring is 1. The number of hydrogen-bond donors (Lipinski definition) is 1. The molecule has 0 saturated heterocycles. The van der Waals surface area contributed by atoms with Crippen LogP contribution in [0.5, 0.6) is 0 Å². The Morgan fingerprint density at radius 2 is 0.788 bits per heavy atom. The zero-order chi connectivity index (χ0) is 43.7. The van der Waals surface area contributed by atoms with Gasteiger partial charge in [0.05, 0.1) is 22.1 Å². The molecule has 6 atom stereocenters. The fraction of sp³-hybridized carbons (Fsp3) is 0.226. The minimum absolute atomic E-state index is 0.750. The summed E-state index contributed by atoms with van der Waals surface area (Å²) in [6.07, 6.45) is 11.4. The molecule has 0 aliphatic heterocycles. The second-order valence-corrected chi connectivity index (χ2v) is 19.9. The molecule has 0 spiro atoms. The van der Waals surface area contributed by atoms with Crippen LogP contribution < -0.4 is 10.6 Å². The second kappa shape index (κ2) is 16.1. The van der Waals surface area contributed by atoms with Crippen molar-refractivity contribution in [2.45, 2.75) is 63.2 Å². The number of aromatic nitrogens is 2. The molecular formula is C62H56N4. The lowest BCUT2D eigenvalue weighted by molar-refractivity contribution is 0.420. The van der Waals surface area contributed by atoms with E-state index < -0.39 is 0 Å². The first kappa shape index (κ1) is 39.3. The molecule has 2 heterocycles. The molecule has 324 valence electrons. The second-order valence-electron chi connectivity index (χ2n) is 19.9. The van der Waals surface area contributed by atoms with E-state index >= 15 is 0 Å². The van der Waals surface area contributed by atoms with Gasteiger partial charge in [0.2, 0.25) is 0 Å². The molecule has 0 radical (unpaired) electrons. The van der Waals surface area contributed by atoms with Crippen LogP contribution in [0, 0.1) is 23.7 Å². The van der Waals surface area contributed by atoms with Gasteiger partial charge < -0.3 is 19.8 Å². The molecule has 4 aliphatic rings. The monoisotopic (exact) mass is 856 g/mol. The van der Waals surface area contributed by atoms with E-state index in [1.54, 1.807) is 11.1 Å². The summed E-state index contributed by atoms with van der Waals surface area (Å²) < 4.78 is 4.70. The van der Waals surface area contributed by atoms with E-state index in [1.807, 2.05) is 18.2 Å². The maximum Gasteiger partial charge on any atom is 0.0561 e. The van der Waals surface area contributed by atoms with Crippen LogP contribution in [0.2, 0.25) is 0 Å². The normalized spacial score (nSPS) is 21.8. The summed E-state index contributed by atoms with van der Waals surface area (Å²) in [5.74, 6) is 5.21.